The minimum atomic E-state index is -0.498. The molecule has 1 aromatic heterocycles. The van der Waals surface area contributed by atoms with Crippen LogP contribution in [0.4, 0.5) is 10.1 Å². The van der Waals surface area contributed by atoms with E-state index in [0.29, 0.717) is 12.2 Å². The molecule has 1 aliphatic heterocycles. The van der Waals surface area contributed by atoms with Crippen molar-refractivity contribution in [2.75, 3.05) is 5.73 Å². The van der Waals surface area contributed by atoms with Crippen LogP contribution < -0.4 is 5.73 Å². The summed E-state index contributed by atoms with van der Waals surface area (Å²) in [5.74, 6) is -0.498. The van der Waals surface area contributed by atoms with Gasteiger partial charge in [0.05, 0.1) is 12.3 Å². The number of rotatable bonds is 1. The molecule has 0 aliphatic carbocycles. The lowest BCUT2D eigenvalue weighted by molar-refractivity contribution is 0.583. The molecule has 84 valence electrons. The molecular formula is C13H10FN3. The number of nitrogens with zero attached hydrogens (tertiary/aromatic N) is 2. The van der Waals surface area contributed by atoms with E-state index in [9.17, 15) is 4.39 Å². The van der Waals surface area contributed by atoms with Gasteiger partial charge in [0.2, 0.25) is 5.95 Å². The lowest BCUT2D eigenvalue weighted by atomic mass is 10.0. The van der Waals surface area contributed by atoms with Crippen molar-refractivity contribution in [2.45, 2.75) is 6.54 Å². The van der Waals surface area contributed by atoms with E-state index in [0.717, 1.165) is 22.4 Å². The molecule has 0 saturated carbocycles. The Kier molecular flexibility index (Phi) is 2.14. The average Bonchev–Trinajstić information content (AvgIpc) is 2.71. The van der Waals surface area contributed by atoms with Crippen LogP contribution in [0.25, 0.3) is 0 Å². The number of pyridine rings is 1. The zero-order valence-corrected chi connectivity index (χ0v) is 9.02. The minimum absolute atomic E-state index is 0.498. The molecule has 2 aromatic rings. The first kappa shape index (κ1) is 9.96. The van der Waals surface area contributed by atoms with Crippen molar-refractivity contribution in [3.63, 3.8) is 0 Å². The third-order valence-corrected chi connectivity index (χ3v) is 2.80. The molecule has 0 unspecified atom stereocenters. The van der Waals surface area contributed by atoms with E-state index in [-0.39, 0.29) is 0 Å². The van der Waals surface area contributed by atoms with Crippen LogP contribution in [0.5, 0.6) is 0 Å². The minimum Gasteiger partial charge on any atom is -0.399 e. The normalized spacial score (nSPS) is 13.4. The number of nitrogen functional groups attached to an aromatic ring is 1. The van der Waals surface area contributed by atoms with Crippen molar-refractivity contribution in [3.8, 4) is 0 Å². The Balaban J connectivity index is 2.12. The topological polar surface area (TPSA) is 51.3 Å². The highest BCUT2D eigenvalue weighted by atomic mass is 19.1. The summed E-state index contributed by atoms with van der Waals surface area (Å²) >= 11 is 0. The number of hydrogen-bond donors (Lipinski definition) is 1. The van der Waals surface area contributed by atoms with E-state index in [1.807, 2.05) is 18.2 Å². The standard InChI is InChI=1S/C13H10FN3/c14-12-5-8(3-4-16-12)13-11-6-10(15)2-1-9(11)7-17-13/h1-6H,7,15H2. The first-order chi connectivity index (χ1) is 8.24. The van der Waals surface area contributed by atoms with Gasteiger partial charge in [0, 0.05) is 29.1 Å². The Hall–Kier alpha value is -2.23. The number of fused-ring (bicyclic) bond motifs is 1. The van der Waals surface area contributed by atoms with Crippen LogP contribution in [0.3, 0.4) is 0 Å². The molecule has 0 fully saturated rings. The predicted molar refractivity (Wildman–Crippen MR) is 64.4 cm³/mol. The molecule has 1 aliphatic rings. The Morgan fingerprint density at radius 1 is 1.18 bits per heavy atom. The van der Waals surface area contributed by atoms with E-state index in [1.54, 1.807) is 6.07 Å². The van der Waals surface area contributed by atoms with Gasteiger partial charge in [-0.2, -0.15) is 4.39 Å². The van der Waals surface area contributed by atoms with Crippen molar-refractivity contribution < 1.29 is 4.39 Å². The number of aromatic nitrogens is 1. The van der Waals surface area contributed by atoms with Crippen LogP contribution in [0.1, 0.15) is 16.7 Å². The average molecular weight is 227 g/mol. The van der Waals surface area contributed by atoms with Crippen LogP contribution in [-0.4, -0.2) is 10.7 Å². The second kappa shape index (κ2) is 3.66. The van der Waals surface area contributed by atoms with Crippen LogP contribution in [-0.2, 0) is 6.54 Å². The SMILES string of the molecule is Nc1ccc2c(c1)C(c1ccnc(F)c1)=NC2. The van der Waals surface area contributed by atoms with Gasteiger partial charge in [-0.1, -0.05) is 6.07 Å². The summed E-state index contributed by atoms with van der Waals surface area (Å²) in [6, 6.07) is 8.82. The fourth-order valence-corrected chi connectivity index (χ4v) is 2.00. The number of aliphatic imine (C=N–C) groups is 1. The molecule has 2 N–H and O–H groups in total. The smallest absolute Gasteiger partial charge is 0.213 e. The van der Waals surface area contributed by atoms with Crippen molar-refractivity contribution in [1.29, 1.82) is 0 Å². The van der Waals surface area contributed by atoms with Crippen molar-refractivity contribution in [1.82, 2.24) is 4.98 Å². The number of benzene rings is 1. The fraction of sp³-hybridized carbons (Fsp3) is 0.0769. The molecule has 0 atom stereocenters. The Labute approximate surface area is 97.8 Å². The van der Waals surface area contributed by atoms with Gasteiger partial charge in [-0.25, -0.2) is 4.98 Å². The van der Waals surface area contributed by atoms with E-state index in [2.05, 4.69) is 9.98 Å². The van der Waals surface area contributed by atoms with Crippen LogP contribution in [0.2, 0.25) is 0 Å². The largest absolute Gasteiger partial charge is 0.399 e. The van der Waals surface area contributed by atoms with Gasteiger partial charge in [-0.15, -0.1) is 0 Å². The Morgan fingerprint density at radius 3 is 2.88 bits per heavy atom. The van der Waals surface area contributed by atoms with Crippen molar-refractivity contribution in [3.05, 3.63) is 59.2 Å². The molecule has 0 spiro atoms. The molecule has 0 saturated heterocycles. The second-order valence-corrected chi connectivity index (χ2v) is 3.95. The lowest BCUT2D eigenvalue weighted by Gasteiger charge is -2.04. The van der Waals surface area contributed by atoms with Crippen molar-refractivity contribution in [2.24, 2.45) is 4.99 Å². The Bertz CT molecular complexity index is 620. The molecule has 17 heavy (non-hydrogen) atoms. The highest BCUT2D eigenvalue weighted by Crippen LogP contribution is 2.24. The number of nitrogens with two attached hydrogens (primary N) is 1. The summed E-state index contributed by atoms with van der Waals surface area (Å²) in [5.41, 5.74) is 10.1. The molecule has 0 bridgehead atoms. The number of hydrogen-bond acceptors (Lipinski definition) is 3. The zero-order chi connectivity index (χ0) is 11.8. The maximum atomic E-state index is 13.1. The summed E-state index contributed by atoms with van der Waals surface area (Å²) in [5, 5.41) is 0. The van der Waals surface area contributed by atoms with Crippen LogP contribution in [0.15, 0.2) is 41.5 Å². The van der Waals surface area contributed by atoms with Gasteiger partial charge >= 0.3 is 0 Å². The molecular weight excluding hydrogens is 217 g/mol. The highest BCUT2D eigenvalue weighted by molar-refractivity contribution is 6.15. The summed E-state index contributed by atoms with van der Waals surface area (Å²) in [6.45, 7) is 0.620. The summed E-state index contributed by atoms with van der Waals surface area (Å²) in [4.78, 5) is 7.96. The van der Waals surface area contributed by atoms with Gasteiger partial charge in [-0.3, -0.25) is 4.99 Å². The third kappa shape index (κ3) is 1.67. The molecule has 2 heterocycles. The Morgan fingerprint density at radius 2 is 2.06 bits per heavy atom. The van der Waals surface area contributed by atoms with Gasteiger partial charge in [-0.05, 0) is 23.8 Å². The van der Waals surface area contributed by atoms with Gasteiger partial charge in [0.15, 0.2) is 0 Å². The molecule has 3 nitrogen and oxygen atoms in total. The molecule has 0 radical (unpaired) electrons. The van der Waals surface area contributed by atoms with E-state index in [1.165, 1.54) is 12.3 Å². The van der Waals surface area contributed by atoms with E-state index in [4.69, 9.17) is 5.73 Å². The summed E-state index contributed by atoms with van der Waals surface area (Å²) in [7, 11) is 0. The predicted octanol–water partition coefficient (Wildman–Crippen LogP) is 2.15. The maximum absolute atomic E-state index is 13.1. The maximum Gasteiger partial charge on any atom is 0.213 e. The second-order valence-electron chi connectivity index (χ2n) is 3.95. The molecule has 0 amide bonds. The number of halogens is 1. The first-order valence-corrected chi connectivity index (χ1v) is 5.29. The van der Waals surface area contributed by atoms with Gasteiger partial charge in [0.1, 0.15) is 0 Å². The molecule has 1 aromatic carbocycles. The molecule has 3 rings (SSSR count). The van der Waals surface area contributed by atoms with Crippen molar-refractivity contribution >= 4 is 11.4 Å². The van der Waals surface area contributed by atoms with Gasteiger partial charge in [0.25, 0.3) is 0 Å². The first-order valence-electron chi connectivity index (χ1n) is 5.29. The zero-order valence-electron chi connectivity index (χ0n) is 9.02. The van der Waals surface area contributed by atoms with E-state index < -0.39 is 5.95 Å². The quantitative estimate of drug-likeness (QED) is 0.599. The third-order valence-electron chi connectivity index (χ3n) is 2.80. The fourth-order valence-electron chi connectivity index (χ4n) is 2.00. The van der Waals surface area contributed by atoms with Crippen LogP contribution in [0, 0.1) is 5.95 Å². The van der Waals surface area contributed by atoms with Gasteiger partial charge < -0.3 is 5.73 Å². The lowest BCUT2D eigenvalue weighted by Crippen LogP contribution is -2.03. The van der Waals surface area contributed by atoms with E-state index >= 15 is 0 Å². The molecule has 4 heteroatoms. The summed E-state index contributed by atoms with van der Waals surface area (Å²) in [6.07, 6.45) is 1.44. The monoisotopic (exact) mass is 227 g/mol. The number of anilines is 1. The van der Waals surface area contributed by atoms with Crippen LogP contribution >= 0.6 is 0 Å². The summed E-state index contributed by atoms with van der Waals surface area (Å²) < 4.78 is 13.1. The highest BCUT2D eigenvalue weighted by Gasteiger charge is 2.17.